The lowest BCUT2D eigenvalue weighted by atomic mass is 10.1. The molecule has 2 N–H and O–H groups in total. The number of aromatic nitrogens is 2. The molecular weight excluding hydrogens is 248 g/mol. The van der Waals surface area contributed by atoms with Crippen molar-refractivity contribution < 1.29 is 0 Å². The molecule has 1 aromatic heterocycles. The summed E-state index contributed by atoms with van der Waals surface area (Å²) in [5.74, 6) is 0.837. The van der Waals surface area contributed by atoms with Gasteiger partial charge in [-0.2, -0.15) is 5.10 Å². The molecule has 3 rings (SSSR count). The first-order valence-electron chi connectivity index (χ1n) is 6.53. The van der Waals surface area contributed by atoms with E-state index in [9.17, 15) is 0 Å². The molecule has 0 amide bonds. The van der Waals surface area contributed by atoms with E-state index < -0.39 is 0 Å². The number of nitrogens with zero attached hydrogens (tertiary/aromatic N) is 3. The summed E-state index contributed by atoms with van der Waals surface area (Å²) in [6, 6.07) is 16.2. The standard InChI is InChI=1S/C16H16N4/c1-20(15-9-5-3-6-12(15)10-17)16-14-8-4-2-7-13(14)11-18-19-16/h2-9,11H,10,17H2,1H3. The predicted molar refractivity (Wildman–Crippen MR) is 81.9 cm³/mol. The molecule has 0 aliphatic rings. The molecule has 0 aliphatic carbocycles. The van der Waals surface area contributed by atoms with Crippen LogP contribution in [0, 0.1) is 0 Å². The highest BCUT2D eigenvalue weighted by Gasteiger charge is 2.12. The Balaban J connectivity index is 2.15. The quantitative estimate of drug-likeness (QED) is 0.790. The SMILES string of the molecule is CN(c1ccccc1CN)c1nncc2ccccc12. The molecule has 0 radical (unpaired) electrons. The number of hydrogen-bond donors (Lipinski definition) is 1. The van der Waals surface area contributed by atoms with Crippen molar-refractivity contribution in [2.24, 2.45) is 5.73 Å². The molecule has 0 fully saturated rings. The third-order valence-corrected chi connectivity index (χ3v) is 3.44. The third kappa shape index (κ3) is 2.10. The minimum atomic E-state index is 0.499. The maximum atomic E-state index is 5.82. The highest BCUT2D eigenvalue weighted by molar-refractivity contribution is 5.93. The number of nitrogens with two attached hydrogens (primary N) is 1. The summed E-state index contributed by atoms with van der Waals surface area (Å²) in [7, 11) is 1.99. The van der Waals surface area contributed by atoms with Gasteiger partial charge in [0.1, 0.15) is 0 Å². The van der Waals surface area contributed by atoms with Crippen LogP contribution in [0.1, 0.15) is 5.56 Å². The fourth-order valence-corrected chi connectivity index (χ4v) is 2.39. The number of para-hydroxylation sites is 1. The van der Waals surface area contributed by atoms with Gasteiger partial charge in [0.25, 0.3) is 0 Å². The van der Waals surface area contributed by atoms with Crippen LogP contribution in [0.2, 0.25) is 0 Å². The lowest BCUT2D eigenvalue weighted by molar-refractivity contribution is 0.988. The van der Waals surface area contributed by atoms with Gasteiger partial charge in [0.05, 0.1) is 6.20 Å². The summed E-state index contributed by atoms with van der Waals surface area (Å²) in [6.07, 6.45) is 1.78. The molecule has 4 nitrogen and oxygen atoms in total. The summed E-state index contributed by atoms with van der Waals surface area (Å²) < 4.78 is 0. The molecule has 0 atom stereocenters. The Labute approximate surface area is 117 Å². The highest BCUT2D eigenvalue weighted by Crippen LogP contribution is 2.30. The van der Waals surface area contributed by atoms with Crippen molar-refractivity contribution in [3.05, 3.63) is 60.3 Å². The number of fused-ring (bicyclic) bond motifs is 1. The molecule has 0 spiro atoms. The van der Waals surface area contributed by atoms with Crippen LogP contribution in [-0.2, 0) is 6.54 Å². The van der Waals surface area contributed by atoms with E-state index >= 15 is 0 Å². The molecule has 100 valence electrons. The monoisotopic (exact) mass is 264 g/mol. The van der Waals surface area contributed by atoms with Gasteiger partial charge < -0.3 is 10.6 Å². The molecule has 3 aromatic rings. The second kappa shape index (κ2) is 5.27. The highest BCUT2D eigenvalue weighted by atomic mass is 15.2. The maximum absolute atomic E-state index is 5.82. The molecule has 0 bridgehead atoms. The molecule has 0 aliphatic heterocycles. The van der Waals surface area contributed by atoms with E-state index in [-0.39, 0.29) is 0 Å². The summed E-state index contributed by atoms with van der Waals surface area (Å²) in [5.41, 5.74) is 7.96. The van der Waals surface area contributed by atoms with Crippen LogP contribution in [0.15, 0.2) is 54.7 Å². The van der Waals surface area contributed by atoms with Gasteiger partial charge in [-0.15, -0.1) is 5.10 Å². The Hall–Kier alpha value is -2.46. The summed E-state index contributed by atoms with van der Waals surface area (Å²) in [4.78, 5) is 2.04. The van der Waals surface area contributed by atoms with Gasteiger partial charge in [-0.3, -0.25) is 0 Å². The van der Waals surface area contributed by atoms with Crippen molar-refractivity contribution in [2.45, 2.75) is 6.54 Å². The molecule has 0 saturated carbocycles. The summed E-state index contributed by atoms with van der Waals surface area (Å²) >= 11 is 0. The van der Waals surface area contributed by atoms with Crippen LogP contribution in [0.4, 0.5) is 11.5 Å². The van der Waals surface area contributed by atoms with Gasteiger partial charge in [-0.1, -0.05) is 42.5 Å². The summed E-state index contributed by atoms with van der Waals surface area (Å²) in [5, 5.41) is 10.5. The van der Waals surface area contributed by atoms with Gasteiger partial charge in [-0.05, 0) is 11.6 Å². The van der Waals surface area contributed by atoms with E-state index in [4.69, 9.17) is 5.73 Å². The lowest BCUT2D eigenvalue weighted by Gasteiger charge is -2.21. The van der Waals surface area contributed by atoms with E-state index in [1.807, 2.05) is 54.4 Å². The zero-order valence-corrected chi connectivity index (χ0v) is 11.3. The van der Waals surface area contributed by atoms with E-state index in [2.05, 4.69) is 16.3 Å². The Morgan fingerprint density at radius 1 is 1.05 bits per heavy atom. The molecule has 0 saturated heterocycles. The number of hydrogen-bond acceptors (Lipinski definition) is 4. The Morgan fingerprint density at radius 2 is 1.80 bits per heavy atom. The van der Waals surface area contributed by atoms with Crippen molar-refractivity contribution in [2.75, 3.05) is 11.9 Å². The van der Waals surface area contributed by atoms with E-state index in [0.29, 0.717) is 6.54 Å². The van der Waals surface area contributed by atoms with Crippen molar-refractivity contribution in [3.63, 3.8) is 0 Å². The molecule has 0 unspecified atom stereocenters. The van der Waals surface area contributed by atoms with Crippen LogP contribution >= 0.6 is 0 Å². The third-order valence-electron chi connectivity index (χ3n) is 3.44. The Morgan fingerprint density at radius 3 is 2.65 bits per heavy atom. The summed E-state index contributed by atoms with van der Waals surface area (Å²) in [6.45, 7) is 0.499. The first-order chi connectivity index (χ1) is 9.81. The molecule has 2 aromatic carbocycles. The van der Waals surface area contributed by atoms with Crippen LogP contribution in [-0.4, -0.2) is 17.2 Å². The fourth-order valence-electron chi connectivity index (χ4n) is 2.39. The maximum Gasteiger partial charge on any atom is 0.163 e. The molecular formula is C16H16N4. The van der Waals surface area contributed by atoms with Crippen LogP contribution in [0.5, 0.6) is 0 Å². The van der Waals surface area contributed by atoms with E-state index in [0.717, 1.165) is 27.8 Å². The Bertz CT molecular complexity index is 734. The smallest absolute Gasteiger partial charge is 0.163 e. The first kappa shape index (κ1) is 12.6. The average molecular weight is 264 g/mol. The van der Waals surface area contributed by atoms with Crippen molar-refractivity contribution in [1.82, 2.24) is 10.2 Å². The zero-order chi connectivity index (χ0) is 13.9. The topological polar surface area (TPSA) is 55.0 Å². The minimum Gasteiger partial charge on any atom is -0.327 e. The van der Waals surface area contributed by atoms with Crippen molar-refractivity contribution in [1.29, 1.82) is 0 Å². The van der Waals surface area contributed by atoms with Gasteiger partial charge in [-0.25, -0.2) is 0 Å². The lowest BCUT2D eigenvalue weighted by Crippen LogP contribution is -2.15. The van der Waals surface area contributed by atoms with Crippen LogP contribution in [0.25, 0.3) is 10.8 Å². The molecule has 4 heteroatoms. The van der Waals surface area contributed by atoms with E-state index in [1.165, 1.54) is 0 Å². The minimum absolute atomic E-state index is 0.499. The second-order valence-electron chi connectivity index (χ2n) is 4.65. The predicted octanol–water partition coefficient (Wildman–Crippen LogP) is 2.86. The van der Waals surface area contributed by atoms with Gasteiger partial charge in [0.2, 0.25) is 0 Å². The average Bonchev–Trinajstić information content (AvgIpc) is 2.53. The largest absolute Gasteiger partial charge is 0.327 e. The molecule has 1 heterocycles. The Kier molecular flexibility index (Phi) is 3.31. The van der Waals surface area contributed by atoms with Gasteiger partial charge in [0.15, 0.2) is 5.82 Å². The van der Waals surface area contributed by atoms with Gasteiger partial charge in [0, 0.05) is 30.1 Å². The van der Waals surface area contributed by atoms with Crippen molar-refractivity contribution in [3.8, 4) is 0 Å². The normalized spacial score (nSPS) is 10.7. The molecule has 20 heavy (non-hydrogen) atoms. The number of rotatable bonds is 3. The zero-order valence-electron chi connectivity index (χ0n) is 11.3. The number of benzene rings is 2. The second-order valence-corrected chi connectivity index (χ2v) is 4.65. The van der Waals surface area contributed by atoms with E-state index in [1.54, 1.807) is 6.20 Å². The fraction of sp³-hybridized carbons (Fsp3) is 0.125. The van der Waals surface area contributed by atoms with Crippen LogP contribution < -0.4 is 10.6 Å². The van der Waals surface area contributed by atoms with Gasteiger partial charge >= 0.3 is 0 Å². The first-order valence-corrected chi connectivity index (χ1v) is 6.53. The number of anilines is 2. The van der Waals surface area contributed by atoms with Crippen LogP contribution in [0.3, 0.4) is 0 Å². The van der Waals surface area contributed by atoms with Crippen molar-refractivity contribution >= 4 is 22.3 Å².